The maximum absolute atomic E-state index is 11.7. The second-order valence-electron chi connectivity index (χ2n) is 4.74. The molecule has 0 aliphatic rings. The van der Waals surface area contributed by atoms with E-state index in [-0.39, 0.29) is 24.6 Å². The van der Waals surface area contributed by atoms with Gasteiger partial charge < -0.3 is 10.4 Å². The number of carboxylic acids is 1. The second kappa shape index (κ2) is 7.36. The van der Waals surface area contributed by atoms with Gasteiger partial charge in [-0.1, -0.05) is 20.3 Å². The molecular weight excluding hydrogens is 280 g/mol. The van der Waals surface area contributed by atoms with Crippen LogP contribution >= 0.6 is 0 Å². The van der Waals surface area contributed by atoms with Gasteiger partial charge in [0.05, 0.1) is 4.92 Å². The van der Waals surface area contributed by atoms with Gasteiger partial charge in [-0.2, -0.15) is 5.10 Å². The summed E-state index contributed by atoms with van der Waals surface area (Å²) in [5.41, 5.74) is -0.154. The number of aromatic nitrogens is 2. The number of carbonyl (C=O) groups excluding carboxylic acids is 1. The molecule has 1 aromatic rings. The molecule has 0 saturated carbocycles. The molecule has 0 radical (unpaired) electrons. The van der Waals surface area contributed by atoms with Crippen LogP contribution in [0.15, 0.2) is 12.4 Å². The summed E-state index contributed by atoms with van der Waals surface area (Å²) in [4.78, 5) is 32.7. The molecule has 0 aliphatic carbocycles. The van der Waals surface area contributed by atoms with Gasteiger partial charge in [0.2, 0.25) is 5.91 Å². The van der Waals surface area contributed by atoms with E-state index in [0.29, 0.717) is 6.42 Å². The molecule has 2 atom stereocenters. The summed E-state index contributed by atoms with van der Waals surface area (Å²) >= 11 is 0. The minimum absolute atomic E-state index is 0.000944. The third kappa shape index (κ3) is 4.86. The van der Waals surface area contributed by atoms with Crippen LogP contribution in [0.2, 0.25) is 0 Å². The molecule has 0 bridgehead atoms. The molecule has 1 heterocycles. The van der Waals surface area contributed by atoms with E-state index in [2.05, 4.69) is 10.4 Å². The predicted octanol–water partition coefficient (Wildman–Crippen LogP) is 0.797. The first-order valence-electron chi connectivity index (χ1n) is 6.54. The first-order valence-corrected chi connectivity index (χ1v) is 6.54. The molecule has 1 rings (SSSR count). The van der Waals surface area contributed by atoms with Gasteiger partial charge in [-0.3, -0.25) is 19.6 Å². The molecule has 0 aromatic carbocycles. The zero-order chi connectivity index (χ0) is 16.0. The zero-order valence-electron chi connectivity index (χ0n) is 11.9. The SMILES string of the molecule is CC[C@H](C)[C@H](NC(=O)CCn1cc([N+](=O)[O-])cn1)C(=O)O. The lowest BCUT2D eigenvalue weighted by Crippen LogP contribution is -2.45. The van der Waals surface area contributed by atoms with Gasteiger partial charge in [-0.05, 0) is 5.92 Å². The van der Waals surface area contributed by atoms with Crippen molar-refractivity contribution >= 4 is 17.6 Å². The van der Waals surface area contributed by atoms with Gasteiger partial charge in [-0.25, -0.2) is 4.79 Å². The van der Waals surface area contributed by atoms with E-state index in [4.69, 9.17) is 5.11 Å². The van der Waals surface area contributed by atoms with Crippen LogP contribution in [0.3, 0.4) is 0 Å². The molecule has 0 unspecified atom stereocenters. The molecule has 2 N–H and O–H groups in total. The number of aliphatic carboxylic acids is 1. The number of hydrogen-bond acceptors (Lipinski definition) is 5. The van der Waals surface area contributed by atoms with Gasteiger partial charge in [0.25, 0.3) is 0 Å². The van der Waals surface area contributed by atoms with Crippen molar-refractivity contribution in [2.75, 3.05) is 0 Å². The molecule has 0 saturated heterocycles. The zero-order valence-corrected chi connectivity index (χ0v) is 11.9. The van der Waals surface area contributed by atoms with Crippen LogP contribution < -0.4 is 5.32 Å². The van der Waals surface area contributed by atoms with E-state index in [1.165, 1.54) is 10.9 Å². The van der Waals surface area contributed by atoms with Gasteiger partial charge in [0.15, 0.2) is 0 Å². The third-order valence-electron chi connectivity index (χ3n) is 3.19. The molecule has 1 aromatic heterocycles. The van der Waals surface area contributed by atoms with Crippen LogP contribution in [0, 0.1) is 16.0 Å². The van der Waals surface area contributed by atoms with Crippen LogP contribution in [0.4, 0.5) is 5.69 Å². The summed E-state index contributed by atoms with van der Waals surface area (Å²) in [5.74, 6) is -1.69. The number of carbonyl (C=O) groups is 2. The molecule has 9 heteroatoms. The summed E-state index contributed by atoms with van der Waals surface area (Å²) in [5, 5.41) is 25.8. The highest BCUT2D eigenvalue weighted by molar-refractivity contribution is 5.83. The lowest BCUT2D eigenvalue weighted by molar-refractivity contribution is -0.385. The van der Waals surface area contributed by atoms with Gasteiger partial charge in [0, 0.05) is 13.0 Å². The second-order valence-corrected chi connectivity index (χ2v) is 4.74. The van der Waals surface area contributed by atoms with E-state index < -0.39 is 22.8 Å². The van der Waals surface area contributed by atoms with E-state index in [1.807, 2.05) is 6.92 Å². The highest BCUT2D eigenvalue weighted by Gasteiger charge is 2.25. The fraction of sp³-hybridized carbons (Fsp3) is 0.583. The van der Waals surface area contributed by atoms with Crippen molar-refractivity contribution in [3.8, 4) is 0 Å². The topological polar surface area (TPSA) is 127 Å². The number of nitro groups is 1. The van der Waals surface area contributed by atoms with Crippen molar-refractivity contribution in [1.29, 1.82) is 0 Å². The number of hydrogen-bond donors (Lipinski definition) is 2. The standard InChI is InChI=1S/C12H18N4O5/c1-3-8(2)11(12(18)19)14-10(17)4-5-15-7-9(6-13-15)16(20)21/h6-8,11H,3-5H2,1-2H3,(H,14,17)(H,18,19)/t8-,11-/m0/s1. The van der Waals surface area contributed by atoms with Crippen LogP contribution in [0.1, 0.15) is 26.7 Å². The quantitative estimate of drug-likeness (QED) is 0.539. The van der Waals surface area contributed by atoms with Gasteiger partial charge in [0.1, 0.15) is 18.4 Å². The highest BCUT2D eigenvalue weighted by Crippen LogP contribution is 2.09. The summed E-state index contributed by atoms with van der Waals surface area (Å²) < 4.78 is 1.27. The van der Waals surface area contributed by atoms with Gasteiger partial charge >= 0.3 is 11.7 Å². The number of nitrogens with zero attached hydrogens (tertiary/aromatic N) is 3. The molecular formula is C12H18N4O5. The number of nitrogens with one attached hydrogen (secondary N) is 1. The Morgan fingerprint density at radius 2 is 2.24 bits per heavy atom. The largest absolute Gasteiger partial charge is 0.480 e. The maximum Gasteiger partial charge on any atom is 0.326 e. The van der Waals surface area contributed by atoms with E-state index in [1.54, 1.807) is 6.92 Å². The van der Waals surface area contributed by atoms with Gasteiger partial charge in [-0.15, -0.1) is 0 Å². The van der Waals surface area contributed by atoms with Crippen molar-refractivity contribution in [1.82, 2.24) is 15.1 Å². The van der Waals surface area contributed by atoms with Crippen molar-refractivity contribution in [2.24, 2.45) is 5.92 Å². The normalized spacial score (nSPS) is 13.4. The molecule has 9 nitrogen and oxygen atoms in total. The predicted molar refractivity (Wildman–Crippen MR) is 72.5 cm³/mol. The molecule has 0 aliphatic heterocycles. The lowest BCUT2D eigenvalue weighted by Gasteiger charge is -2.20. The smallest absolute Gasteiger partial charge is 0.326 e. The Kier molecular flexibility index (Phi) is 5.82. The van der Waals surface area contributed by atoms with Crippen LogP contribution in [0.5, 0.6) is 0 Å². The number of rotatable bonds is 8. The summed E-state index contributed by atoms with van der Waals surface area (Å²) in [6.45, 7) is 3.73. The van der Waals surface area contributed by atoms with E-state index >= 15 is 0 Å². The summed E-state index contributed by atoms with van der Waals surface area (Å²) in [7, 11) is 0. The molecule has 1 amide bonds. The molecule has 116 valence electrons. The lowest BCUT2D eigenvalue weighted by atomic mass is 9.99. The number of carboxylic acid groups (broad SMARTS) is 1. The van der Waals surface area contributed by atoms with Crippen LogP contribution in [0.25, 0.3) is 0 Å². The average molecular weight is 298 g/mol. The van der Waals surface area contributed by atoms with Crippen molar-refractivity contribution in [2.45, 2.75) is 39.3 Å². The fourth-order valence-corrected chi connectivity index (χ4v) is 1.71. The Labute approximate surface area is 121 Å². The Balaban J connectivity index is 2.52. The average Bonchev–Trinajstić information content (AvgIpc) is 2.90. The minimum Gasteiger partial charge on any atom is -0.480 e. The summed E-state index contributed by atoms with van der Waals surface area (Å²) in [6.07, 6.45) is 2.94. The maximum atomic E-state index is 11.7. The number of amides is 1. The van der Waals surface area contributed by atoms with E-state index in [9.17, 15) is 19.7 Å². The van der Waals surface area contributed by atoms with Crippen molar-refractivity contribution in [3.63, 3.8) is 0 Å². The highest BCUT2D eigenvalue weighted by atomic mass is 16.6. The van der Waals surface area contributed by atoms with Crippen LogP contribution in [-0.2, 0) is 16.1 Å². The monoisotopic (exact) mass is 298 g/mol. The first kappa shape index (κ1) is 16.6. The first-order chi connectivity index (χ1) is 9.85. The fourth-order valence-electron chi connectivity index (χ4n) is 1.71. The Morgan fingerprint density at radius 1 is 1.57 bits per heavy atom. The Hall–Kier alpha value is -2.45. The Bertz CT molecular complexity index is 527. The van der Waals surface area contributed by atoms with Crippen molar-refractivity contribution < 1.29 is 19.6 Å². The number of aryl methyl sites for hydroxylation is 1. The third-order valence-corrected chi connectivity index (χ3v) is 3.19. The molecule has 21 heavy (non-hydrogen) atoms. The summed E-state index contributed by atoms with van der Waals surface area (Å²) in [6, 6.07) is -0.936. The minimum atomic E-state index is -1.08. The van der Waals surface area contributed by atoms with E-state index in [0.717, 1.165) is 6.20 Å². The molecule has 0 fully saturated rings. The van der Waals surface area contributed by atoms with Crippen LogP contribution in [-0.4, -0.2) is 37.7 Å². The van der Waals surface area contributed by atoms with Crippen molar-refractivity contribution in [3.05, 3.63) is 22.5 Å². The Morgan fingerprint density at radius 3 is 2.71 bits per heavy atom. The molecule has 0 spiro atoms.